The molecular formula is C16H23NO5. The molecule has 0 bridgehead atoms. The van der Waals surface area contributed by atoms with Crippen molar-refractivity contribution >= 4 is 6.09 Å². The third-order valence-corrected chi connectivity index (χ3v) is 3.51. The summed E-state index contributed by atoms with van der Waals surface area (Å²) in [6.07, 6.45) is -0.858. The first-order chi connectivity index (χ1) is 10.5. The van der Waals surface area contributed by atoms with Gasteiger partial charge in [-0.05, 0) is 19.4 Å². The van der Waals surface area contributed by atoms with Crippen molar-refractivity contribution in [3.05, 3.63) is 35.9 Å². The normalized spacial score (nSPS) is 23.8. The highest BCUT2D eigenvalue weighted by Gasteiger charge is 2.36. The molecule has 2 N–H and O–H groups in total. The smallest absolute Gasteiger partial charge is 0.407 e. The van der Waals surface area contributed by atoms with E-state index in [0.717, 1.165) is 5.56 Å². The maximum atomic E-state index is 11.7. The minimum atomic E-state index is -0.711. The van der Waals surface area contributed by atoms with E-state index in [1.165, 1.54) is 0 Å². The lowest BCUT2D eigenvalue weighted by Crippen LogP contribution is -2.50. The molecular weight excluding hydrogens is 286 g/mol. The van der Waals surface area contributed by atoms with Crippen LogP contribution in [0, 0.1) is 5.92 Å². The maximum Gasteiger partial charge on any atom is 0.407 e. The van der Waals surface area contributed by atoms with Gasteiger partial charge in [0.2, 0.25) is 0 Å². The second-order valence-corrected chi connectivity index (χ2v) is 5.75. The predicted molar refractivity (Wildman–Crippen MR) is 80.1 cm³/mol. The minimum absolute atomic E-state index is 0.109. The van der Waals surface area contributed by atoms with Gasteiger partial charge in [-0.3, -0.25) is 0 Å². The zero-order valence-corrected chi connectivity index (χ0v) is 13.0. The van der Waals surface area contributed by atoms with E-state index in [1.54, 1.807) is 13.8 Å². The van der Waals surface area contributed by atoms with Gasteiger partial charge >= 0.3 is 6.09 Å². The van der Waals surface area contributed by atoms with Crippen molar-refractivity contribution in [3.63, 3.8) is 0 Å². The summed E-state index contributed by atoms with van der Waals surface area (Å²) in [6, 6.07) is 9.46. The number of hydrogen-bond acceptors (Lipinski definition) is 5. The molecule has 1 aliphatic heterocycles. The second-order valence-electron chi connectivity index (χ2n) is 5.75. The number of ether oxygens (including phenoxy) is 3. The van der Waals surface area contributed by atoms with E-state index >= 15 is 0 Å². The Bertz CT molecular complexity index is 477. The van der Waals surface area contributed by atoms with Crippen LogP contribution >= 0.6 is 0 Å². The minimum Gasteiger partial charge on any atom is -0.445 e. The Morgan fingerprint density at radius 3 is 2.82 bits per heavy atom. The highest BCUT2D eigenvalue weighted by atomic mass is 16.7. The Morgan fingerprint density at radius 2 is 2.14 bits per heavy atom. The van der Waals surface area contributed by atoms with Crippen LogP contribution in [0.4, 0.5) is 4.79 Å². The molecule has 0 saturated carbocycles. The first-order valence-corrected chi connectivity index (χ1v) is 7.37. The van der Waals surface area contributed by atoms with Gasteiger partial charge in [0.25, 0.3) is 0 Å². The van der Waals surface area contributed by atoms with Gasteiger partial charge in [-0.2, -0.15) is 0 Å². The predicted octanol–water partition coefficient (Wildman–Crippen LogP) is 1.67. The Morgan fingerprint density at radius 1 is 1.41 bits per heavy atom. The topological polar surface area (TPSA) is 77.0 Å². The molecule has 1 saturated heterocycles. The largest absolute Gasteiger partial charge is 0.445 e. The molecule has 22 heavy (non-hydrogen) atoms. The van der Waals surface area contributed by atoms with Gasteiger partial charge in [-0.15, -0.1) is 0 Å². The molecule has 2 rings (SSSR count). The lowest BCUT2D eigenvalue weighted by molar-refractivity contribution is -0.296. The number of nitrogens with one attached hydrogen (secondary N) is 1. The van der Waals surface area contributed by atoms with Crippen LogP contribution in [0.5, 0.6) is 0 Å². The summed E-state index contributed by atoms with van der Waals surface area (Å²) in [4.78, 5) is 11.7. The molecule has 0 aromatic heterocycles. The molecule has 1 aromatic rings. The van der Waals surface area contributed by atoms with Crippen molar-refractivity contribution in [1.82, 2.24) is 5.32 Å². The van der Waals surface area contributed by atoms with E-state index in [4.69, 9.17) is 14.2 Å². The van der Waals surface area contributed by atoms with Gasteiger partial charge < -0.3 is 24.6 Å². The summed E-state index contributed by atoms with van der Waals surface area (Å²) >= 11 is 0. The zero-order valence-electron chi connectivity index (χ0n) is 13.0. The molecule has 0 aliphatic carbocycles. The number of amides is 1. The molecule has 1 aliphatic rings. The van der Waals surface area contributed by atoms with Gasteiger partial charge in [0.15, 0.2) is 5.79 Å². The summed E-state index contributed by atoms with van der Waals surface area (Å²) < 4.78 is 16.3. The Balaban J connectivity index is 1.73. The van der Waals surface area contributed by atoms with E-state index in [1.807, 2.05) is 30.3 Å². The number of hydrogen-bond donors (Lipinski definition) is 2. The van der Waals surface area contributed by atoms with Crippen molar-refractivity contribution in [2.75, 3.05) is 19.8 Å². The highest BCUT2D eigenvalue weighted by Crippen LogP contribution is 2.25. The van der Waals surface area contributed by atoms with Gasteiger partial charge in [0.1, 0.15) is 6.61 Å². The quantitative estimate of drug-likeness (QED) is 0.865. The SMILES string of the molecule is CC1(C)OCC(CNC(=O)OCc2ccccc2)C(CO)O1. The maximum absolute atomic E-state index is 11.7. The number of carbonyl (C=O) groups is 1. The van der Waals surface area contributed by atoms with Crippen LogP contribution in [0.1, 0.15) is 19.4 Å². The van der Waals surface area contributed by atoms with E-state index in [9.17, 15) is 9.90 Å². The van der Waals surface area contributed by atoms with Gasteiger partial charge in [-0.25, -0.2) is 4.79 Å². The van der Waals surface area contributed by atoms with Crippen LogP contribution in [0.15, 0.2) is 30.3 Å². The van der Waals surface area contributed by atoms with Crippen LogP contribution in [-0.4, -0.2) is 42.8 Å². The van der Waals surface area contributed by atoms with E-state index < -0.39 is 11.9 Å². The fourth-order valence-corrected chi connectivity index (χ4v) is 2.28. The van der Waals surface area contributed by atoms with Crippen molar-refractivity contribution < 1.29 is 24.1 Å². The van der Waals surface area contributed by atoms with Crippen molar-refractivity contribution in [1.29, 1.82) is 0 Å². The third-order valence-electron chi connectivity index (χ3n) is 3.51. The molecule has 6 nitrogen and oxygen atoms in total. The molecule has 122 valence electrons. The molecule has 1 heterocycles. The Kier molecular flexibility index (Phi) is 5.76. The summed E-state index contributed by atoms with van der Waals surface area (Å²) in [6.45, 7) is 4.45. The Labute approximate surface area is 130 Å². The molecule has 0 spiro atoms. The lowest BCUT2D eigenvalue weighted by atomic mass is 10.0. The summed E-state index contributed by atoms with van der Waals surface area (Å²) in [5.41, 5.74) is 0.928. The average Bonchev–Trinajstić information content (AvgIpc) is 2.52. The first-order valence-electron chi connectivity index (χ1n) is 7.37. The molecule has 2 atom stereocenters. The Hall–Kier alpha value is -1.63. The summed E-state index contributed by atoms with van der Waals surface area (Å²) in [5.74, 6) is -0.820. The molecule has 0 radical (unpaired) electrons. The average molecular weight is 309 g/mol. The number of aliphatic hydroxyl groups is 1. The van der Waals surface area contributed by atoms with Crippen LogP contribution in [0.3, 0.4) is 0 Å². The molecule has 2 unspecified atom stereocenters. The van der Waals surface area contributed by atoms with Crippen LogP contribution < -0.4 is 5.32 Å². The number of benzene rings is 1. The van der Waals surface area contributed by atoms with E-state index in [-0.39, 0.29) is 25.2 Å². The van der Waals surface area contributed by atoms with E-state index in [2.05, 4.69) is 5.32 Å². The van der Waals surface area contributed by atoms with Crippen molar-refractivity contribution in [3.8, 4) is 0 Å². The molecule has 1 aromatic carbocycles. The molecule has 6 heteroatoms. The second kappa shape index (κ2) is 7.58. The number of alkyl carbamates (subject to hydrolysis) is 1. The first kappa shape index (κ1) is 16.7. The van der Waals surface area contributed by atoms with Gasteiger partial charge in [0, 0.05) is 12.5 Å². The highest BCUT2D eigenvalue weighted by molar-refractivity contribution is 5.67. The standard InChI is InChI=1S/C16H23NO5/c1-16(2)21-11-13(14(9-18)22-16)8-17-15(19)20-10-12-6-4-3-5-7-12/h3-7,13-14,18H,8-11H2,1-2H3,(H,17,19). The summed E-state index contributed by atoms with van der Waals surface area (Å²) in [7, 11) is 0. The van der Waals surface area contributed by atoms with Crippen molar-refractivity contribution in [2.24, 2.45) is 5.92 Å². The third kappa shape index (κ3) is 4.98. The summed E-state index contributed by atoms with van der Waals surface area (Å²) in [5, 5.41) is 12.1. The van der Waals surface area contributed by atoms with Crippen LogP contribution in [0.25, 0.3) is 0 Å². The molecule has 1 amide bonds. The van der Waals surface area contributed by atoms with Crippen molar-refractivity contribution in [2.45, 2.75) is 32.3 Å². The number of aliphatic hydroxyl groups excluding tert-OH is 1. The van der Waals surface area contributed by atoms with E-state index in [0.29, 0.717) is 13.2 Å². The number of carbonyl (C=O) groups excluding carboxylic acids is 1. The molecule has 1 fully saturated rings. The van der Waals surface area contributed by atoms with Gasteiger partial charge in [0.05, 0.1) is 19.3 Å². The monoisotopic (exact) mass is 309 g/mol. The lowest BCUT2D eigenvalue weighted by Gasteiger charge is -2.40. The van der Waals surface area contributed by atoms with Gasteiger partial charge in [-0.1, -0.05) is 30.3 Å². The number of rotatable bonds is 5. The van der Waals surface area contributed by atoms with Crippen LogP contribution in [0.2, 0.25) is 0 Å². The fraction of sp³-hybridized carbons (Fsp3) is 0.562. The fourth-order valence-electron chi connectivity index (χ4n) is 2.28. The van der Waals surface area contributed by atoms with Crippen LogP contribution in [-0.2, 0) is 20.8 Å². The zero-order chi connectivity index (χ0) is 16.0.